The molecule has 2 heterocycles. The molecule has 3 aromatic carbocycles. The smallest absolute Gasteiger partial charge is 0.211 e. The number of anilines is 1. The van der Waals surface area contributed by atoms with Crippen LogP contribution >= 0.6 is 11.6 Å². The minimum absolute atomic E-state index is 0.179. The third kappa shape index (κ3) is 2.28. The molecule has 5 rings (SSSR count). The maximum Gasteiger partial charge on any atom is 0.211 e. The van der Waals surface area contributed by atoms with Crippen LogP contribution in [0.1, 0.15) is 25.0 Å². The van der Waals surface area contributed by atoms with Gasteiger partial charge in [-0.1, -0.05) is 48.0 Å². The van der Waals surface area contributed by atoms with Crippen molar-refractivity contribution in [3.8, 4) is 16.9 Å². The molecule has 140 valence electrons. The Morgan fingerprint density at radius 1 is 0.893 bits per heavy atom. The van der Waals surface area contributed by atoms with Gasteiger partial charge in [-0.3, -0.25) is 0 Å². The first-order valence-electron chi connectivity index (χ1n) is 9.54. The number of hydrogen-bond donors (Lipinski definition) is 0. The SMILES string of the molecule is CN1c2ccccc2C(C)(C)C12C=Cc1cc(-c3ccc(Cl)cc3)ccc1O2. The van der Waals surface area contributed by atoms with E-state index in [1.807, 2.05) is 24.3 Å². The summed E-state index contributed by atoms with van der Waals surface area (Å²) < 4.78 is 6.72. The Labute approximate surface area is 171 Å². The molecule has 0 amide bonds. The van der Waals surface area contributed by atoms with E-state index in [0.717, 1.165) is 27.5 Å². The second-order valence-corrected chi connectivity index (χ2v) is 8.53. The summed E-state index contributed by atoms with van der Waals surface area (Å²) in [6.45, 7) is 4.51. The molecule has 28 heavy (non-hydrogen) atoms. The van der Waals surface area contributed by atoms with E-state index in [4.69, 9.17) is 16.3 Å². The van der Waals surface area contributed by atoms with E-state index in [1.54, 1.807) is 0 Å². The number of benzene rings is 3. The minimum atomic E-state index is -0.536. The summed E-state index contributed by atoms with van der Waals surface area (Å²) in [5.41, 5.74) is 5.21. The van der Waals surface area contributed by atoms with Gasteiger partial charge < -0.3 is 9.64 Å². The van der Waals surface area contributed by atoms with Gasteiger partial charge in [-0.15, -0.1) is 0 Å². The van der Waals surface area contributed by atoms with Crippen molar-refractivity contribution in [2.75, 3.05) is 11.9 Å². The molecular formula is C25H22ClNO. The Balaban J connectivity index is 1.57. The van der Waals surface area contributed by atoms with Crippen molar-refractivity contribution in [1.29, 1.82) is 0 Å². The summed E-state index contributed by atoms with van der Waals surface area (Å²) in [6, 6.07) is 22.9. The highest BCUT2D eigenvalue weighted by Crippen LogP contribution is 2.54. The highest BCUT2D eigenvalue weighted by Gasteiger charge is 2.57. The number of fused-ring (bicyclic) bond motifs is 2. The predicted octanol–water partition coefficient (Wildman–Crippen LogP) is 6.54. The molecule has 3 aromatic rings. The predicted molar refractivity (Wildman–Crippen MR) is 117 cm³/mol. The van der Waals surface area contributed by atoms with E-state index in [0.29, 0.717) is 0 Å². The van der Waals surface area contributed by atoms with E-state index in [1.165, 1.54) is 11.3 Å². The summed E-state index contributed by atoms with van der Waals surface area (Å²) in [4.78, 5) is 2.26. The van der Waals surface area contributed by atoms with Crippen molar-refractivity contribution in [1.82, 2.24) is 0 Å². The average molecular weight is 388 g/mol. The fourth-order valence-corrected chi connectivity index (χ4v) is 4.73. The van der Waals surface area contributed by atoms with Crippen LogP contribution in [0.2, 0.25) is 5.02 Å². The first kappa shape index (κ1) is 17.4. The molecular weight excluding hydrogens is 366 g/mol. The molecule has 1 atom stereocenters. The lowest BCUT2D eigenvalue weighted by atomic mass is 9.76. The van der Waals surface area contributed by atoms with Crippen molar-refractivity contribution in [2.24, 2.45) is 0 Å². The lowest BCUT2D eigenvalue weighted by Crippen LogP contribution is -2.58. The van der Waals surface area contributed by atoms with E-state index in [9.17, 15) is 0 Å². The molecule has 1 spiro atoms. The molecule has 3 heteroatoms. The van der Waals surface area contributed by atoms with Crippen molar-refractivity contribution >= 4 is 23.4 Å². The zero-order valence-electron chi connectivity index (χ0n) is 16.2. The van der Waals surface area contributed by atoms with E-state index < -0.39 is 5.72 Å². The van der Waals surface area contributed by atoms with Crippen molar-refractivity contribution in [2.45, 2.75) is 25.0 Å². The van der Waals surface area contributed by atoms with Crippen LogP contribution in [0.4, 0.5) is 5.69 Å². The number of nitrogens with zero attached hydrogens (tertiary/aromatic N) is 1. The lowest BCUT2D eigenvalue weighted by Gasteiger charge is -2.45. The Morgan fingerprint density at radius 2 is 1.61 bits per heavy atom. The van der Waals surface area contributed by atoms with Gasteiger partial charge in [-0.25, -0.2) is 0 Å². The number of para-hydroxylation sites is 1. The van der Waals surface area contributed by atoms with Gasteiger partial charge in [0.25, 0.3) is 0 Å². The van der Waals surface area contributed by atoms with Gasteiger partial charge in [-0.05, 0) is 73.0 Å². The highest BCUT2D eigenvalue weighted by molar-refractivity contribution is 6.30. The Kier molecular flexibility index (Phi) is 3.66. The van der Waals surface area contributed by atoms with Gasteiger partial charge in [0.1, 0.15) is 5.75 Å². The second kappa shape index (κ2) is 5.89. The number of hydrogen-bond acceptors (Lipinski definition) is 2. The van der Waals surface area contributed by atoms with Gasteiger partial charge in [0.2, 0.25) is 5.72 Å². The fraction of sp³-hybridized carbons (Fsp3) is 0.200. The summed E-state index contributed by atoms with van der Waals surface area (Å²) >= 11 is 6.03. The van der Waals surface area contributed by atoms with Crippen molar-refractivity contribution < 1.29 is 4.74 Å². The zero-order chi connectivity index (χ0) is 19.5. The van der Waals surface area contributed by atoms with Crippen LogP contribution in [0.5, 0.6) is 5.75 Å². The molecule has 0 saturated carbocycles. The van der Waals surface area contributed by atoms with E-state index in [2.05, 4.69) is 80.4 Å². The Morgan fingerprint density at radius 3 is 2.36 bits per heavy atom. The molecule has 0 aromatic heterocycles. The molecule has 0 radical (unpaired) electrons. The second-order valence-electron chi connectivity index (χ2n) is 8.09. The number of likely N-dealkylation sites (N-methyl/N-ethyl adjacent to an activating group) is 1. The van der Waals surface area contributed by atoms with Crippen LogP contribution in [0.25, 0.3) is 17.2 Å². The topological polar surface area (TPSA) is 12.5 Å². The molecule has 1 unspecified atom stereocenters. The highest BCUT2D eigenvalue weighted by atomic mass is 35.5. The summed E-state index contributed by atoms with van der Waals surface area (Å²) in [6.07, 6.45) is 4.41. The van der Waals surface area contributed by atoms with Gasteiger partial charge in [0.05, 0.1) is 5.41 Å². The summed E-state index contributed by atoms with van der Waals surface area (Å²) in [5, 5.41) is 0.748. The lowest BCUT2D eigenvalue weighted by molar-refractivity contribution is 0.0582. The number of rotatable bonds is 1. The fourth-order valence-electron chi connectivity index (χ4n) is 4.60. The molecule has 2 aliphatic heterocycles. The quantitative estimate of drug-likeness (QED) is 0.470. The van der Waals surface area contributed by atoms with Crippen LogP contribution in [0.3, 0.4) is 0 Å². The van der Waals surface area contributed by atoms with Gasteiger partial charge in [-0.2, -0.15) is 0 Å². The maximum atomic E-state index is 6.72. The van der Waals surface area contributed by atoms with Gasteiger partial charge >= 0.3 is 0 Å². The largest absolute Gasteiger partial charge is 0.463 e. The van der Waals surface area contributed by atoms with E-state index in [-0.39, 0.29) is 5.41 Å². The summed E-state index contributed by atoms with van der Waals surface area (Å²) in [7, 11) is 2.12. The maximum absolute atomic E-state index is 6.72. The normalized spacial score (nSPS) is 21.4. The minimum Gasteiger partial charge on any atom is -0.463 e. The van der Waals surface area contributed by atoms with Crippen molar-refractivity contribution in [3.05, 3.63) is 89.0 Å². The molecule has 2 nitrogen and oxygen atoms in total. The molecule has 0 saturated heterocycles. The molecule has 0 N–H and O–H groups in total. The average Bonchev–Trinajstić information content (AvgIpc) is 2.87. The molecule has 2 aliphatic rings. The third-order valence-electron chi connectivity index (χ3n) is 6.27. The summed E-state index contributed by atoms with van der Waals surface area (Å²) in [5.74, 6) is 0.910. The standard InChI is InChI=1S/C25H22ClNO/c1-24(2)21-6-4-5-7-22(21)27(3)25(24)15-14-19-16-18(10-13-23(19)28-25)17-8-11-20(26)12-9-17/h4-16H,1-3H3. The van der Waals surface area contributed by atoms with Crippen LogP contribution in [0, 0.1) is 0 Å². The number of halogens is 1. The molecule has 0 aliphatic carbocycles. The van der Waals surface area contributed by atoms with Gasteiger partial charge in [0, 0.05) is 23.3 Å². The van der Waals surface area contributed by atoms with Gasteiger partial charge in [0.15, 0.2) is 0 Å². The Bertz CT molecular complexity index is 1100. The number of ether oxygens (including phenoxy) is 1. The Hall–Kier alpha value is -2.71. The first-order valence-corrected chi connectivity index (χ1v) is 9.92. The molecule has 0 bridgehead atoms. The molecule has 0 fully saturated rings. The third-order valence-corrected chi connectivity index (χ3v) is 6.53. The first-order chi connectivity index (χ1) is 13.4. The van der Waals surface area contributed by atoms with Crippen LogP contribution in [0.15, 0.2) is 72.8 Å². The zero-order valence-corrected chi connectivity index (χ0v) is 17.0. The van der Waals surface area contributed by atoms with Crippen LogP contribution in [-0.4, -0.2) is 12.8 Å². The van der Waals surface area contributed by atoms with Crippen molar-refractivity contribution in [3.63, 3.8) is 0 Å². The van der Waals surface area contributed by atoms with E-state index >= 15 is 0 Å². The van der Waals surface area contributed by atoms with Crippen LogP contribution < -0.4 is 9.64 Å². The van der Waals surface area contributed by atoms with Crippen LogP contribution in [-0.2, 0) is 5.41 Å². The monoisotopic (exact) mass is 387 g/mol.